The molecule has 0 aromatic heterocycles. The second kappa shape index (κ2) is 6.25. The highest BCUT2D eigenvalue weighted by molar-refractivity contribution is 5.78. The van der Waals surface area contributed by atoms with Crippen LogP contribution in [-0.4, -0.2) is 23.1 Å². The van der Waals surface area contributed by atoms with Gasteiger partial charge in [0.1, 0.15) is 5.75 Å². The van der Waals surface area contributed by atoms with E-state index >= 15 is 0 Å². The monoisotopic (exact) mass is 236 g/mol. The van der Waals surface area contributed by atoms with Gasteiger partial charge < -0.3 is 16.2 Å². The molecule has 4 nitrogen and oxygen atoms in total. The van der Waals surface area contributed by atoms with Crippen molar-refractivity contribution in [2.75, 3.05) is 0 Å². The Balaban J connectivity index is 2.44. The standard InChI is InChI=1S/C13H20N2O2/c1-9(14)6-10(2)15-13(17)8-11-4-3-5-12(16)7-11/h3-5,7,9-10,16H,6,8,14H2,1-2H3,(H,15,17). The van der Waals surface area contributed by atoms with Crippen molar-refractivity contribution in [1.82, 2.24) is 5.32 Å². The summed E-state index contributed by atoms with van der Waals surface area (Å²) in [6.45, 7) is 3.85. The maximum Gasteiger partial charge on any atom is 0.224 e. The van der Waals surface area contributed by atoms with Crippen molar-refractivity contribution in [3.63, 3.8) is 0 Å². The highest BCUT2D eigenvalue weighted by Crippen LogP contribution is 2.11. The third-order valence-corrected chi connectivity index (χ3v) is 2.41. The van der Waals surface area contributed by atoms with Gasteiger partial charge in [-0.2, -0.15) is 0 Å². The fraction of sp³-hybridized carbons (Fsp3) is 0.462. The second-order valence-electron chi connectivity index (χ2n) is 4.53. The molecule has 0 bridgehead atoms. The van der Waals surface area contributed by atoms with E-state index in [-0.39, 0.29) is 30.2 Å². The normalized spacial score (nSPS) is 14.1. The molecule has 0 spiro atoms. The molecular weight excluding hydrogens is 216 g/mol. The summed E-state index contributed by atoms with van der Waals surface area (Å²) in [4.78, 5) is 11.7. The van der Waals surface area contributed by atoms with E-state index in [0.29, 0.717) is 0 Å². The highest BCUT2D eigenvalue weighted by Gasteiger charge is 2.09. The van der Waals surface area contributed by atoms with Crippen LogP contribution >= 0.6 is 0 Å². The van der Waals surface area contributed by atoms with E-state index in [9.17, 15) is 9.90 Å². The number of carbonyl (C=O) groups excluding carboxylic acids is 1. The van der Waals surface area contributed by atoms with Gasteiger partial charge in [0.15, 0.2) is 0 Å². The SMILES string of the molecule is CC(N)CC(C)NC(=O)Cc1cccc(O)c1. The third kappa shape index (κ3) is 5.36. The summed E-state index contributed by atoms with van der Waals surface area (Å²) in [5, 5.41) is 12.2. The molecule has 0 saturated heterocycles. The number of aromatic hydroxyl groups is 1. The number of carbonyl (C=O) groups is 1. The Morgan fingerprint density at radius 1 is 1.47 bits per heavy atom. The van der Waals surface area contributed by atoms with Crippen molar-refractivity contribution < 1.29 is 9.90 Å². The lowest BCUT2D eigenvalue weighted by Gasteiger charge is -2.15. The largest absolute Gasteiger partial charge is 0.508 e. The molecule has 0 heterocycles. The number of nitrogens with one attached hydrogen (secondary N) is 1. The topological polar surface area (TPSA) is 75.3 Å². The fourth-order valence-electron chi connectivity index (χ4n) is 1.79. The Morgan fingerprint density at radius 3 is 2.76 bits per heavy atom. The van der Waals surface area contributed by atoms with Crippen molar-refractivity contribution >= 4 is 5.91 Å². The zero-order chi connectivity index (χ0) is 12.8. The van der Waals surface area contributed by atoms with Gasteiger partial charge in [0.2, 0.25) is 5.91 Å². The van der Waals surface area contributed by atoms with E-state index < -0.39 is 0 Å². The van der Waals surface area contributed by atoms with Crippen LogP contribution in [-0.2, 0) is 11.2 Å². The van der Waals surface area contributed by atoms with Crippen LogP contribution in [0.5, 0.6) is 5.75 Å². The number of benzene rings is 1. The molecule has 0 aliphatic rings. The zero-order valence-electron chi connectivity index (χ0n) is 10.3. The molecule has 0 fully saturated rings. The van der Waals surface area contributed by atoms with E-state index in [1.165, 1.54) is 0 Å². The van der Waals surface area contributed by atoms with E-state index in [1.54, 1.807) is 18.2 Å². The molecule has 1 rings (SSSR count). The molecule has 0 saturated carbocycles. The highest BCUT2D eigenvalue weighted by atomic mass is 16.3. The first kappa shape index (κ1) is 13.5. The van der Waals surface area contributed by atoms with Crippen LogP contribution in [0.3, 0.4) is 0 Å². The van der Waals surface area contributed by atoms with Gasteiger partial charge in [-0.15, -0.1) is 0 Å². The summed E-state index contributed by atoms with van der Waals surface area (Å²) in [5.74, 6) is 0.127. The first-order valence-corrected chi connectivity index (χ1v) is 5.80. The fourth-order valence-corrected chi connectivity index (χ4v) is 1.79. The van der Waals surface area contributed by atoms with Crippen LogP contribution in [0.15, 0.2) is 24.3 Å². The number of hydrogen-bond acceptors (Lipinski definition) is 3. The Hall–Kier alpha value is -1.55. The van der Waals surface area contributed by atoms with E-state index in [0.717, 1.165) is 12.0 Å². The molecule has 0 radical (unpaired) electrons. The minimum absolute atomic E-state index is 0.0521. The van der Waals surface area contributed by atoms with Gasteiger partial charge in [-0.3, -0.25) is 4.79 Å². The molecule has 4 heteroatoms. The summed E-state index contributed by atoms with van der Waals surface area (Å²) in [5.41, 5.74) is 6.46. The van der Waals surface area contributed by atoms with Crippen LogP contribution in [0.2, 0.25) is 0 Å². The smallest absolute Gasteiger partial charge is 0.224 e. The maximum atomic E-state index is 11.7. The molecule has 1 aromatic rings. The molecule has 17 heavy (non-hydrogen) atoms. The lowest BCUT2D eigenvalue weighted by atomic mass is 10.1. The Morgan fingerprint density at radius 2 is 2.18 bits per heavy atom. The van der Waals surface area contributed by atoms with Crippen molar-refractivity contribution in [2.24, 2.45) is 5.73 Å². The van der Waals surface area contributed by atoms with Crippen LogP contribution in [0, 0.1) is 0 Å². The van der Waals surface area contributed by atoms with Gasteiger partial charge in [0.25, 0.3) is 0 Å². The van der Waals surface area contributed by atoms with Gasteiger partial charge in [-0.1, -0.05) is 12.1 Å². The van der Waals surface area contributed by atoms with E-state index in [1.807, 2.05) is 19.9 Å². The van der Waals surface area contributed by atoms with Crippen LogP contribution < -0.4 is 11.1 Å². The van der Waals surface area contributed by atoms with Gasteiger partial charge in [0, 0.05) is 12.1 Å². The van der Waals surface area contributed by atoms with Gasteiger partial charge >= 0.3 is 0 Å². The minimum Gasteiger partial charge on any atom is -0.508 e. The van der Waals surface area contributed by atoms with Crippen LogP contribution in [0.4, 0.5) is 0 Å². The Labute approximate surface area is 102 Å². The molecule has 0 aliphatic heterocycles. The van der Waals surface area contributed by atoms with Gasteiger partial charge in [-0.25, -0.2) is 0 Å². The van der Waals surface area contributed by atoms with E-state index in [2.05, 4.69) is 5.32 Å². The Bertz CT molecular complexity index is 377. The van der Waals surface area contributed by atoms with Gasteiger partial charge in [0.05, 0.1) is 6.42 Å². The number of nitrogens with two attached hydrogens (primary N) is 1. The average molecular weight is 236 g/mol. The summed E-state index contributed by atoms with van der Waals surface area (Å²) in [6.07, 6.45) is 1.03. The number of rotatable bonds is 5. The minimum atomic E-state index is -0.0521. The average Bonchev–Trinajstić information content (AvgIpc) is 2.14. The molecule has 1 amide bonds. The predicted octanol–water partition coefficient (Wildman–Crippen LogP) is 1.18. The summed E-state index contributed by atoms with van der Waals surface area (Å²) in [6, 6.07) is 6.86. The lowest BCUT2D eigenvalue weighted by molar-refractivity contribution is -0.121. The summed E-state index contributed by atoms with van der Waals surface area (Å²) < 4.78 is 0. The van der Waals surface area contributed by atoms with Crippen molar-refractivity contribution in [3.05, 3.63) is 29.8 Å². The van der Waals surface area contributed by atoms with Crippen molar-refractivity contribution in [1.29, 1.82) is 0 Å². The summed E-state index contributed by atoms with van der Waals surface area (Å²) in [7, 11) is 0. The Kier molecular flexibility index (Phi) is 4.97. The van der Waals surface area contributed by atoms with Crippen molar-refractivity contribution in [3.8, 4) is 5.75 Å². The quantitative estimate of drug-likeness (QED) is 0.718. The zero-order valence-corrected chi connectivity index (χ0v) is 10.3. The number of amides is 1. The molecule has 1 aromatic carbocycles. The van der Waals surface area contributed by atoms with Crippen LogP contribution in [0.1, 0.15) is 25.8 Å². The molecular formula is C13H20N2O2. The molecule has 2 atom stereocenters. The number of phenolic OH excluding ortho intramolecular Hbond substituents is 1. The number of hydrogen-bond donors (Lipinski definition) is 3. The summed E-state index contributed by atoms with van der Waals surface area (Å²) >= 11 is 0. The van der Waals surface area contributed by atoms with Crippen LogP contribution in [0.25, 0.3) is 0 Å². The third-order valence-electron chi connectivity index (χ3n) is 2.41. The predicted molar refractivity (Wildman–Crippen MR) is 67.7 cm³/mol. The molecule has 94 valence electrons. The first-order valence-electron chi connectivity index (χ1n) is 5.80. The van der Waals surface area contributed by atoms with Crippen molar-refractivity contribution in [2.45, 2.75) is 38.8 Å². The number of phenols is 1. The lowest BCUT2D eigenvalue weighted by Crippen LogP contribution is -2.37. The molecule has 2 unspecified atom stereocenters. The molecule has 0 aliphatic carbocycles. The first-order chi connectivity index (χ1) is 7.97. The second-order valence-corrected chi connectivity index (χ2v) is 4.53. The van der Waals surface area contributed by atoms with E-state index in [4.69, 9.17) is 5.73 Å². The molecule has 4 N–H and O–H groups in total. The maximum absolute atomic E-state index is 11.7. The van der Waals surface area contributed by atoms with Gasteiger partial charge in [-0.05, 0) is 38.0 Å².